The quantitative estimate of drug-likeness (QED) is 0.200. The van der Waals surface area contributed by atoms with E-state index in [2.05, 4.69) is 31.2 Å². The van der Waals surface area contributed by atoms with Gasteiger partial charge in [-0.25, -0.2) is 0 Å². The second kappa shape index (κ2) is 18.0. The third-order valence-electron chi connectivity index (χ3n) is 3.64. The van der Waals surface area contributed by atoms with E-state index in [1.54, 1.807) is 0 Å². The number of esters is 1. The van der Waals surface area contributed by atoms with Gasteiger partial charge in [0.25, 0.3) is 0 Å². The highest BCUT2D eigenvalue weighted by molar-refractivity contribution is 5.65. The molecule has 0 N–H and O–H groups in total. The summed E-state index contributed by atoms with van der Waals surface area (Å²) in [6.45, 7) is 4.21. The molecule has 2 nitrogen and oxygen atoms in total. The van der Waals surface area contributed by atoms with Crippen molar-refractivity contribution in [1.82, 2.24) is 0 Å². The molecule has 0 amide bonds. The SMILES string of the molecule is CCCC/C=C\CCCCCCCC/C=C/CCOC(C)=O. The van der Waals surface area contributed by atoms with Gasteiger partial charge in [0.15, 0.2) is 0 Å². The first kappa shape index (κ1) is 20.9. The van der Waals surface area contributed by atoms with Crippen molar-refractivity contribution < 1.29 is 9.53 Å². The summed E-state index contributed by atoms with van der Waals surface area (Å²) in [7, 11) is 0. The average Bonchev–Trinajstić information content (AvgIpc) is 2.50. The van der Waals surface area contributed by atoms with Crippen LogP contribution in [0.15, 0.2) is 24.3 Å². The summed E-state index contributed by atoms with van der Waals surface area (Å²) < 4.78 is 4.87. The van der Waals surface area contributed by atoms with Crippen LogP contribution in [0.4, 0.5) is 0 Å². The Morgan fingerprint density at radius 1 is 0.727 bits per heavy atom. The first-order valence-electron chi connectivity index (χ1n) is 9.20. The van der Waals surface area contributed by atoms with Gasteiger partial charge in [-0.2, -0.15) is 0 Å². The maximum atomic E-state index is 10.6. The maximum Gasteiger partial charge on any atom is 0.302 e. The number of rotatable bonds is 15. The van der Waals surface area contributed by atoms with E-state index in [9.17, 15) is 4.79 Å². The van der Waals surface area contributed by atoms with E-state index in [0.29, 0.717) is 6.61 Å². The molecule has 0 aromatic rings. The van der Waals surface area contributed by atoms with Crippen LogP contribution >= 0.6 is 0 Å². The van der Waals surface area contributed by atoms with E-state index < -0.39 is 0 Å². The molecule has 0 rings (SSSR count). The van der Waals surface area contributed by atoms with Crippen LogP contribution in [0, 0.1) is 0 Å². The molecule has 2 heteroatoms. The molecule has 128 valence electrons. The van der Waals surface area contributed by atoms with Crippen molar-refractivity contribution in [2.75, 3.05) is 6.61 Å². The normalized spacial score (nSPS) is 11.5. The van der Waals surface area contributed by atoms with Gasteiger partial charge in [0.05, 0.1) is 6.61 Å². The molecule has 22 heavy (non-hydrogen) atoms. The van der Waals surface area contributed by atoms with E-state index in [1.165, 1.54) is 71.1 Å². The third-order valence-corrected chi connectivity index (χ3v) is 3.64. The van der Waals surface area contributed by atoms with Gasteiger partial charge >= 0.3 is 5.97 Å². The highest BCUT2D eigenvalue weighted by atomic mass is 16.5. The maximum absolute atomic E-state index is 10.6. The van der Waals surface area contributed by atoms with Gasteiger partial charge in [0.2, 0.25) is 0 Å². The fourth-order valence-electron chi connectivity index (χ4n) is 2.30. The van der Waals surface area contributed by atoms with E-state index in [4.69, 9.17) is 4.74 Å². The summed E-state index contributed by atoms with van der Waals surface area (Å²) in [5.41, 5.74) is 0. The number of allylic oxidation sites excluding steroid dienone is 3. The summed E-state index contributed by atoms with van der Waals surface area (Å²) in [6.07, 6.45) is 24.2. The molecule has 0 saturated heterocycles. The molecule has 0 unspecified atom stereocenters. The summed E-state index contributed by atoms with van der Waals surface area (Å²) in [5, 5.41) is 0. The van der Waals surface area contributed by atoms with Gasteiger partial charge in [-0.1, -0.05) is 69.8 Å². The molecule has 0 bridgehead atoms. The number of unbranched alkanes of at least 4 members (excludes halogenated alkanes) is 9. The van der Waals surface area contributed by atoms with Gasteiger partial charge in [-0.15, -0.1) is 0 Å². The van der Waals surface area contributed by atoms with Crippen molar-refractivity contribution in [2.45, 2.75) is 90.9 Å². The Kier molecular flexibility index (Phi) is 17.1. The lowest BCUT2D eigenvalue weighted by atomic mass is 10.1. The lowest BCUT2D eigenvalue weighted by molar-refractivity contribution is -0.140. The molecule has 0 saturated carbocycles. The van der Waals surface area contributed by atoms with Crippen molar-refractivity contribution in [2.24, 2.45) is 0 Å². The molecule has 0 aliphatic heterocycles. The molecule has 0 fully saturated rings. The number of hydrogen-bond acceptors (Lipinski definition) is 2. The van der Waals surface area contributed by atoms with Crippen molar-refractivity contribution in [3.8, 4) is 0 Å². The molecule has 0 aliphatic carbocycles. The van der Waals surface area contributed by atoms with Crippen LogP contribution < -0.4 is 0 Å². The highest BCUT2D eigenvalue weighted by Gasteiger charge is 1.91. The Bertz CT molecular complexity index is 292. The average molecular weight is 309 g/mol. The number of carbonyl (C=O) groups excluding carboxylic acids is 1. The number of hydrogen-bond donors (Lipinski definition) is 0. The first-order valence-corrected chi connectivity index (χ1v) is 9.20. The highest BCUT2D eigenvalue weighted by Crippen LogP contribution is 2.09. The Morgan fingerprint density at radius 3 is 1.68 bits per heavy atom. The van der Waals surface area contributed by atoms with Crippen molar-refractivity contribution in [3.63, 3.8) is 0 Å². The van der Waals surface area contributed by atoms with Crippen molar-refractivity contribution in [1.29, 1.82) is 0 Å². The van der Waals surface area contributed by atoms with E-state index in [-0.39, 0.29) is 5.97 Å². The lowest BCUT2D eigenvalue weighted by Crippen LogP contribution is -1.98. The minimum Gasteiger partial charge on any atom is -0.466 e. The third kappa shape index (κ3) is 18.9. The van der Waals surface area contributed by atoms with Gasteiger partial charge in [-0.3, -0.25) is 4.79 Å². The van der Waals surface area contributed by atoms with Crippen LogP contribution in [0.5, 0.6) is 0 Å². The lowest BCUT2D eigenvalue weighted by Gasteiger charge is -2.00. The summed E-state index contributed by atoms with van der Waals surface area (Å²) in [6, 6.07) is 0. The van der Waals surface area contributed by atoms with Crippen LogP contribution in [0.2, 0.25) is 0 Å². The molecule has 0 heterocycles. The van der Waals surface area contributed by atoms with Gasteiger partial charge < -0.3 is 4.74 Å². The van der Waals surface area contributed by atoms with Crippen LogP contribution in [0.1, 0.15) is 90.9 Å². The van der Waals surface area contributed by atoms with Crippen molar-refractivity contribution in [3.05, 3.63) is 24.3 Å². The zero-order chi connectivity index (χ0) is 16.3. The summed E-state index contributed by atoms with van der Waals surface area (Å²) in [4.78, 5) is 10.6. The fraction of sp³-hybridized carbons (Fsp3) is 0.750. The largest absolute Gasteiger partial charge is 0.466 e. The first-order chi connectivity index (χ1) is 10.8. The molecule has 0 spiro atoms. The standard InChI is InChI=1S/C20H36O2/c1-3-4-5-6-7-8-9-10-11-12-13-14-15-16-17-18-19-22-20(2)21/h6-7,16-17H,3-5,8-15,18-19H2,1-2H3/b7-6-,17-16+. The van der Waals surface area contributed by atoms with Crippen LogP contribution in [-0.4, -0.2) is 12.6 Å². The van der Waals surface area contributed by atoms with Gasteiger partial charge in [-0.05, 0) is 38.5 Å². The minimum absolute atomic E-state index is 0.190. The zero-order valence-electron chi connectivity index (χ0n) is 14.8. The fourth-order valence-corrected chi connectivity index (χ4v) is 2.30. The number of carbonyl (C=O) groups is 1. The monoisotopic (exact) mass is 308 g/mol. The predicted molar refractivity (Wildman–Crippen MR) is 96.0 cm³/mol. The second-order valence-electron chi connectivity index (χ2n) is 5.91. The Labute approximate surface area is 138 Å². The van der Waals surface area contributed by atoms with E-state index >= 15 is 0 Å². The van der Waals surface area contributed by atoms with E-state index in [1.807, 2.05) is 0 Å². The number of ether oxygens (including phenoxy) is 1. The topological polar surface area (TPSA) is 26.3 Å². The molecule has 0 atom stereocenters. The van der Waals surface area contributed by atoms with Crippen molar-refractivity contribution >= 4 is 5.97 Å². The second-order valence-corrected chi connectivity index (χ2v) is 5.91. The Balaban J connectivity index is 3.12. The predicted octanol–water partition coefficient (Wildman–Crippen LogP) is 6.36. The van der Waals surface area contributed by atoms with Crippen LogP contribution in [0.3, 0.4) is 0 Å². The van der Waals surface area contributed by atoms with E-state index in [0.717, 1.165) is 12.8 Å². The molecular weight excluding hydrogens is 272 g/mol. The summed E-state index contributed by atoms with van der Waals surface area (Å²) in [5.74, 6) is -0.190. The van der Waals surface area contributed by atoms with Crippen LogP contribution in [-0.2, 0) is 9.53 Å². The van der Waals surface area contributed by atoms with Gasteiger partial charge in [0, 0.05) is 6.92 Å². The zero-order valence-corrected chi connectivity index (χ0v) is 14.8. The smallest absolute Gasteiger partial charge is 0.302 e. The molecule has 0 aromatic carbocycles. The van der Waals surface area contributed by atoms with Gasteiger partial charge in [0.1, 0.15) is 0 Å². The summed E-state index contributed by atoms with van der Waals surface area (Å²) >= 11 is 0. The van der Waals surface area contributed by atoms with Crippen LogP contribution in [0.25, 0.3) is 0 Å². The molecular formula is C20H36O2. The minimum atomic E-state index is -0.190. The molecule has 0 aromatic heterocycles. The Morgan fingerprint density at radius 2 is 1.18 bits per heavy atom. The Hall–Kier alpha value is -1.05. The molecule has 0 radical (unpaired) electrons. The molecule has 0 aliphatic rings.